The molecule has 6 nitrogen and oxygen atoms in total. The summed E-state index contributed by atoms with van der Waals surface area (Å²) in [6, 6.07) is 21.7. The van der Waals surface area contributed by atoms with Crippen molar-refractivity contribution in [2.24, 2.45) is 0 Å². The van der Waals surface area contributed by atoms with Crippen molar-refractivity contribution in [1.29, 1.82) is 0 Å². The van der Waals surface area contributed by atoms with Crippen LogP contribution in [-0.4, -0.2) is 19.3 Å². The van der Waals surface area contributed by atoms with E-state index in [0.29, 0.717) is 32.7 Å². The van der Waals surface area contributed by atoms with E-state index in [1.807, 2.05) is 12.1 Å². The summed E-state index contributed by atoms with van der Waals surface area (Å²) in [4.78, 5) is 16.9. The first kappa shape index (κ1) is 21.0. The summed E-state index contributed by atoms with van der Waals surface area (Å²) in [5.41, 5.74) is 2.28. The number of amides is 1. The fourth-order valence-electron chi connectivity index (χ4n) is 2.79. The highest BCUT2D eigenvalue weighted by molar-refractivity contribution is 7.92. The second-order valence-corrected chi connectivity index (χ2v) is 9.48. The Kier molecular flexibility index (Phi) is 6.03. The van der Waals surface area contributed by atoms with Gasteiger partial charge in [0.25, 0.3) is 15.9 Å². The largest absolute Gasteiger partial charge is 0.298 e. The summed E-state index contributed by atoms with van der Waals surface area (Å²) < 4.78 is 27.8. The highest BCUT2D eigenvalue weighted by Gasteiger charge is 2.15. The van der Waals surface area contributed by atoms with Crippen molar-refractivity contribution >= 4 is 49.7 Å². The first-order chi connectivity index (χ1) is 14.9. The third-order valence-corrected chi connectivity index (χ3v) is 6.70. The number of nitrogens with zero attached hydrogens (tertiary/aromatic N) is 1. The van der Waals surface area contributed by atoms with Crippen LogP contribution < -0.4 is 10.0 Å². The zero-order valence-corrected chi connectivity index (χ0v) is 18.3. The van der Waals surface area contributed by atoms with Gasteiger partial charge in [0, 0.05) is 27.2 Å². The predicted octanol–water partition coefficient (Wildman–Crippen LogP) is 5.52. The van der Waals surface area contributed by atoms with Crippen LogP contribution in [0.15, 0.2) is 89.1 Å². The maximum Gasteiger partial charge on any atom is 0.261 e. The van der Waals surface area contributed by atoms with Crippen molar-refractivity contribution in [2.75, 3.05) is 10.0 Å². The standard InChI is InChI=1S/C22H16ClN3O3S2/c23-17-9-11-19(12-10-17)31(28,29)26-18-8-4-7-16(13-18)20-14-30-22(24-20)25-21(27)15-5-2-1-3-6-15/h1-14,26H,(H,24,25,27). The molecule has 0 saturated carbocycles. The average Bonchev–Trinajstić information content (AvgIpc) is 3.23. The second-order valence-electron chi connectivity index (χ2n) is 6.50. The van der Waals surface area contributed by atoms with Gasteiger partial charge >= 0.3 is 0 Å². The molecule has 0 aliphatic heterocycles. The van der Waals surface area contributed by atoms with Crippen LogP contribution in [0.1, 0.15) is 10.4 Å². The molecule has 0 fully saturated rings. The Morgan fingerprint density at radius 2 is 1.68 bits per heavy atom. The van der Waals surface area contributed by atoms with Crippen molar-refractivity contribution in [3.05, 3.63) is 94.8 Å². The number of rotatable bonds is 6. The molecule has 1 aromatic heterocycles. The number of aromatic nitrogens is 1. The van der Waals surface area contributed by atoms with Crippen molar-refractivity contribution in [3.8, 4) is 11.3 Å². The molecule has 9 heteroatoms. The molecule has 1 heterocycles. The van der Waals surface area contributed by atoms with E-state index in [2.05, 4.69) is 15.0 Å². The number of carbonyl (C=O) groups excluding carboxylic acids is 1. The van der Waals surface area contributed by atoms with Gasteiger partial charge in [0.15, 0.2) is 5.13 Å². The van der Waals surface area contributed by atoms with Crippen LogP contribution in [0, 0.1) is 0 Å². The molecule has 1 amide bonds. The van der Waals surface area contributed by atoms with Crippen molar-refractivity contribution in [1.82, 2.24) is 4.98 Å². The summed E-state index contributed by atoms with van der Waals surface area (Å²) in [7, 11) is -3.75. The van der Waals surface area contributed by atoms with Gasteiger partial charge in [-0.25, -0.2) is 13.4 Å². The Bertz CT molecular complexity index is 1320. The molecule has 0 aliphatic rings. The quantitative estimate of drug-likeness (QED) is 0.389. The van der Waals surface area contributed by atoms with Gasteiger partial charge in [0.1, 0.15) is 0 Å². The predicted molar refractivity (Wildman–Crippen MR) is 124 cm³/mol. The van der Waals surface area contributed by atoms with Gasteiger partial charge in [-0.3, -0.25) is 14.8 Å². The minimum atomic E-state index is -3.75. The lowest BCUT2D eigenvalue weighted by atomic mass is 10.1. The van der Waals surface area contributed by atoms with Gasteiger partial charge in [-0.1, -0.05) is 41.9 Å². The number of thiazole rings is 1. The third-order valence-electron chi connectivity index (χ3n) is 4.30. The summed E-state index contributed by atoms with van der Waals surface area (Å²) >= 11 is 7.12. The van der Waals surface area contributed by atoms with E-state index in [4.69, 9.17) is 11.6 Å². The molecule has 0 spiro atoms. The molecule has 0 atom stereocenters. The summed E-state index contributed by atoms with van der Waals surface area (Å²) in [5, 5.41) is 5.49. The Morgan fingerprint density at radius 1 is 0.935 bits per heavy atom. The highest BCUT2D eigenvalue weighted by atomic mass is 35.5. The smallest absolute Gasteiger partial charge is 0.261 e. The minimum Gasteiger partial charge on any atom is -0.298 e. The van der Waals surface area contributed by atoms with Crippen LogP contribution in [0.2, 0.25) is 5.02 Å². The molecule has 3 aromatic carbocycles. The highest BCUT2D eigenvalue weighted by Crippen LogP contribution is 2.28. The number of halogens is 1. The minimum absolute atomic E-state index is 0.113. The Labute approximate surface area is 188 Å². The molecule has 0 radical (unpaired) electrons. The zero-order chi connectivity index (χ0) is 21.8. The molecule has 4 rings (SSSR count). The lowest BCUT2D eigenvalue weighted by molar-refractivity contribution is 0.102. The number of carbonyl (C=O) groups is 1. The van der Waals surface area contributed by atoms with Gasteiger partial charge in [-0.15, -0.1) is 11.3 Å². The molecular formula is C22H16ClN3O3S2. The maximum atomic E-state index is 12.6. The van der Waals surface area contributed by atoms with E-state index in [0.717, 1.165) is 0 Å². The molecule has 0 unspecified atom stereocenters. The van der Waals surface area contributed by atoms with Crippen LogP contribution in [0.3, 0.4) is 0 Å². The lowest BCUT2D eigenvalue weighted by Gasteiger charge is -2.09. The third kappa shape index (κ3) is 5.11. The lowest BCUT2D eigenvalue weighted by Crippen LogP contribution is -2.12. The first-order valence-electron chi connectivity index (χ1n) is 9.11. The van der Waals surface area contributed by atoms with Crippen LogP contribution in [-0.2, 0) is 10.0 Å². The fourth-order valence-corrected chi connectivity index (χ4v) is 4.68. The van der Waals surface area contributed by atoms with Gasteiger partial charge in [-0.05, 0) is 48.5 Å². The number of sulfonamides is 1. The molecule has 4 aromatic rings. The van der Waals surface area contributed by atoms with Crippen molar-refractivity contribution < 1.29 is 13.2 Å². The van der Waals surface area contributed by atoms with Crippen LogP contribution >= 0.6 is 22.9 Å². The molecule has 156 valence electrons. The number of benzene rings is 3. The van der Waals surface area contributed by atoms with E-state index in [1.165, 1.54) is 35.6 Å². The van der Waals surface area contributed by atoms with Crippen molar-refractivity contribution in [3.63, 3.8) is 0 Å². The molecule has 31 heavy (non-hydrogen) atoms. The van der Waals surface area contributed by atoms with Gasteiger partial charge in [0.2, 0.25) is 0 Å². The van der Waals surface area contributed by atoms with Gasteiger partial charge < -0.3 is 0 Å². The zero-order valence-electron chi connectivity index (χ0n) is 15.9. The normalized spacial score (nSPS) is 11.1. The molecule has 0 bridgehead atoms. The second kappa shape index (κ2) is 8.89. The van der Waals surface area contributed by atoms with E-state index >= 15 is 0 Å². The summed E-state index contributed by atoms with van der Waals surface area (Å²) in [6.45, 7) is 0. The van der Waals surface area contributed by atoms with Crippen LogP contribution in [0.5, 0.6) is 0 Å². The number of hydrogen-bond acceptors (Lipinski definition) is 5. The Hall–Kier alpha value is -3.20. The summed E-state index contributed by atoms with van der Waals surface area (Å²) in [5.74, 6) is -0.244. The van der Waals surface area contributed by atoms with E-state index in [-0.39, 0.29) is 10.8 Å². The monoisotopic (exact) mass is 469 g/mol. The SMILES string of the molecule is O=C(Nc1nc(-c2cccc(NS(=O)(=O)c3ccc(Cl)cc3)c2)cs1)c1ccccc1. The Balaban J connectivity index is 1.51. The molecule has 0 aliphatic carbocycles. The average molecular weight is 470 g/mol. The first-order valence-corrected chi connectivity index (χ1v) is 11.9. The molecule has 2 N–H and O–H groups in total. The molecular weight excluding hydrogens is 454 g/mol. The molecule has 0 saturated heterocycles. The maximum absolute atomic E-state index is 12.6. The summed E-state index contributed by atoms with van der Waals surface area (Å²) in [6.07, 6.45) is 0. The van der Waals surface area contributed by atoms with Crippen LogP contribution in [0.25, 0.3) is 11.3 Å². The fraction of sp³-hybridized carbons (Fsp3) is 0. The van der Waals surface area contributed by atoms with Gasteiger partial charge in [0.05, 0.1) is 10.6 Å². The number of anilines is 2. The van der Waals surface area contributed by atoms with Crippen LogP contribution in [0.4, 0.5) is 10.8 Å². The topological polar surface area (TPSA) is 88.2 Å². The van der Waals surface area contributed by atoms with Crippen molar-refractivity contribution in [2.45, 2.75) is 4.90 Å². The van der Waals surface area contributed by atoms with E-state index in [1.54, 1.807) is 47.8 Å². The van der Waals surface area contributed by atoms with E-state index < -0.39 is 10.0 Å². The van der Waals surface area contributed by atoms with E-state index in [9.17, 15) is 13.2 Å². The Morgan fingerprint density at radius 3 is 2.42 bits per heavy atom. The number of nitrogens with one attached hydrogen (secondary N) is 2. The van der Waals surface area contributed by atoms with Gasteiger partial charge in [-0.2, -0.15) is 0 Å². The number of hydrogen-bond donors (Lipinski definition) is 2.